The monoisotopic (exact) mass is 401 g/mol. The number of aromatic nitrogens is 4. The summed E-state index contributed by atoms with van der Waals surface area (Å²) in [7, 11) is 1.37. The van der Waals surface area contributed by atoms with Crippen molar-refractivity contribution in [3.63, 3.8) is 0 Å². The summed E-state index contributed by atoms with van der Waals surface area (Å²) in [5.74, 6) is 0.940. The number of rotatable bonds is 4. The number of carbonyl (C=O) groups is 1. The molecule has 0 unspecified atom stereocenters. The van der Waals surface area contributed by atoms with Crippen LogP contribution in [0.15, 0.2) is 48.7 Å². The minimum absolute atomic E-state index is 0.271. The second-order valence-corrected chi connectivity index (χ2v) is 7.43. The highest BCUT2D eigenvalue weighted by Crippen LogP contribution is 2.31. The van der Waals surface area contributed by atoms with Gasteiger partial charge < -0.3 is 10.5 Å². The second kappa shape index (κ2) is 7.59. The number of pyridine rings is 2. The molecule has 4 aromatic rings. The Morgan fingerprint density at radius 2 is 1.93 bits per heavy atom. The molecule has 0 aliphatic heterocycles. The minimum Gasteiger partial charge on any atom is -0.465 e. The van der Waals surface area contributed by atoms with Crippen LogP contribution in [-0.4, -0.2) is 32.6 Å². The maximum Gasteiger partial charge on any atom is 0.338 e. The summed E-state index contributed by atoms with van der Waals surface area (Å²) in [5.41, 5.74) is 11.5. The van der Waals surface area contributed by atoms with Crippen LogP contribution in [0.5, 0.6) is 0 Å². The van der Waals surface area contributed by atoms with Crippen molar-refractivity contribution in [1.82, 2.24) is 19.5 Å². The van der Waals surface area contributed by atoms with Crippen LogP contribution < -0.4 is 5.73 Å². The largest absolute Gasteiger partial charge is 0.465 e. The molecule has 0 spiro atoms. The van der Waals surface area contributed by atoms with Crippen molar-refractivity contribution in [3.8, 4) is 17.1 Å². The van der Waals surface area contributed by atoms with Gasteiger partial charge in [-0.2, -0.15) is 0 Å². The highest BCUT2D eigenvalue weighted by atomic mass is 16.5. The molecule has 2 N–H and O–H groups in total. The SMILES string of the molecule is COC(=O)c1ccc(-n2c(-c3cccnc3N)nc3ccc(C(C)C)nc32)cc1C. The molecule has 3 aromatic heterocycles. The van der Waals surface area contributed by atoms with Crippen LogP contribution in [-0.2, 0) is 4.74 Å². The maximum atomic E-state index is 12.0. The summed E-state index contributed by atoms with van der Waals surface area (Å²) >= 11 is 0. The van der Waals surface area contributed by atoms with Gasteiger partial charge in [0.05, 0.1) is 18.2 Å². The lowest BCUT2D eigenvalue weighted by Gasteiger charge is -2.13. The Bertz CT molecular complexity index is 1260. The average molecular weight is 401 g/mol. The molecule has 0 saturated heterocycles. The minimum atomic E-state index is -0.369. The predicted molar refractivity (Wildman–Crippen MR) is 117 cm³/mol. The summed E-state index contributed by atoms with van der Waals surface area (Å²) < 4.78 is 6.83. The van der Waals surface area contributed by atoms with Crippen LogP contribution in [0.2, 0.25) is 0 Å². The molecule has 0 radical (unpaired) electrons. The van der Waals surface area contributed by atoms with Crippen LogP contribution in [0.4, 0.5) is 5.82 Å². The van der Waals surface area contributed by atoms with Gasteiger partial charge in [-0.05, 0) is 60.9 Å². The average Bonchev–Trinajstić information content (AvgIpc) is 3.11. The Morgan fingerprint density at radius 1 is 1.13 bits per heavy atom. The molecule has 3 heterocycles. The molecule has 0 bridgehead atoms. The lowest BCUT2D eigenvalue weighted by molar-refractivity contribution is 0.0600. The second-order valence-electron chi connectivity index (χ2n) is 7.43. The first-order valence-corrected chi connectivity index (χ1v) is 9.70. The highest BCUT2D eigenvalue weighted by Gasteiger charge is 2.20. The van der Waals surface area contributed by atoms with Gasteiger partial charge in [0.2, 0.25) is 0 Å². The Hall–Kier alpha value is -3.74. The van der Waals surface area contributed by atoms with Crippen molar-refractivity contribution >= 4 is 23.0 Å². The molecule has 0 aliphatic rings. The van der Waals surface area contributed by atoms with E-state index >= 15 is 0 Å². The molecule has 0 amide bonds. The van der Waals surface area contributed by atoms with E-state index in [2.05, 4.69) is 18.8 Å². The van der Waals surface area contributed by atoms with Gasteiger partial charge in [0, 0.05) is 17.6 Å². The summed E-state index contributed by atoms with van der Waals surface area (Å²) in [6.07, 6.45) is 1.65. The molecular weight excluding hydrogens is 378 g/mol. The topological polar surface area (TPSA) is 95.9 Å². The maximum absolute atomic E-state index is 12.0. The molecule has 0 saturated carbocycles. The van der Waals surface area contributed by atoms with E-state index < -0.39 is 0 Å². The third-order valence-corrected chi connectivity index (χ3v) is 5.07. The van der Waals surface area contributed by atoms with Crippen molar-refractivity contribution in [3.05, 3.63) is 65.5 Å². The first-order valence-electron chi connectivity index (χ1n) is 9.70. The van der Waals surface area contributed by atoms with E-state index in [-0.39, 0.29) is 11.9 Å². The lowest BCUT2D eigenvalue weighted by atomic mass is 10.1. The van der Waals surface area contributed by atoms with Gasteiger partial charge in [-0.1, -0.05) is 13.8 Å². The lowest BCUT2D eigenvalue weighted by Crippen LogP contribution is -2.06. The molecule has 0 fully saturated rings. The molecule has 7 heteroatoms. The van der Waals surface area contributed by atoms with Gasteiger partial charge >= 0.3 is 5.97 Å². The van der Waals surface area contributed by atoms with E-state index in [4.69, 9.17) is 20.4 Å². The Balaban J connectivity index is 2.02. The predicted octanol–water partition coefficient (Wildman–Crippen LogP) is 4.28. The van der Waals surface area contributed by atoms with E-state index in [0.29, 0.717) is 17.2 Å². The molecular formula is C23H23N5O2. The number of nitrogens with two attached hydrogens (primary N) is 1. The molecule has 7 nitrogen and oxygen atoms in total. The van der Waals surface area contributed by atoms with Gasteiger partial charge in [0.25, 0.3) is 0 Å². The van der Waals surface area contributed by atoms with Gasteiger partial charge in [-0.25, -0.2) is 19.7 Å². The van der Waals surface area contributed by atoms with Crippen molar-refractivity contribution < 1.29 is 9.53 Å². The van der Waals surface area contributed by atoms with E-state index in [9.17, 15) is 4.79 Å². The smallest absolute Gasteiger partial charge is 0.338 e. The third kappa shape index (κ3) is 3.28. The number of carbonyl (C=O) groups excluding carboxylic acids is 1. The molecule has 30 heavy (non-hydrogen) atoms. The van der Waals surface area contributed by atoms with Gasteiger partial charge in [0.1, 0.15) is 11.3 Å². The third-order valence-electron chi connectivity index (χ3n) is 5.07. The van der Waals surface area contributed by atoms with Crippen LogP contribution in [0, 0.1) is 6.92 Å². The summed E-state index contributed by atoms with van der Waals surface area (Å²) in [6.45, 7) is 6.08. The zero-order valence-electron chi connectivity index (χ0n) is 17.4. The summed E-state index contributed by atoms with van der Waals surface area (Å²) in [6, 6.07) is 13.2. The van der Waals surface area contributed by atoms with Gasteiger partial charge in [0.15, 0.2) is 11.5 Å². The number of methoxy groups -OCH3 is 1. The fourth-order valence-corrected chi connectivity index (χ4v) is 3.45. The Kier molecular flexibility index (Phi) is 4.95. The Morgan fingerprint density at radius 3 is 2.60 bits per heavy atom. The van der Waals surface area contributed by atoms with Crippen LogP contribution in [0.25, 0.3) is 28.2 Å². The van der Waals surface area contributed by atoms with E-state index in [1.165, 1.54) is 7.11 Å². The fourth-order valence-electron chi connectivity index (χ4n) is 3.45. The van der Waals surface area contributed by atoms with Crippen molar-refractivity contribution in [2.24, 2.45) is 0 Å². The number of nitrogens with zero attached hydrogens (tertiary/aromatic N) is 4. The zero-order chi connectivity index (χ0) is 21.4. The first-order chi connectivity index (χ1) is 14.4. The standard InChI is InChI=1S/C23H23N5O2/c1-13(2)18-9-10-19-22(26-18)28(21(27-19)17-6-5-11-25-20(17)24)15-7-8-16(14(3)12-15)23(29)30-4/h5-13H,1-4H3,(H2,24,25). The molecule has 4 rings (SSSR count). The Labute approximate surface area is 174 Å². The van der Waals surface area contributed by atoms with Crippen LogP contribution >= 0.6 is 0 Å². The van der Waals surface area contributed by atoms with Crippen LogP contribution in [0.3, 0.4) is 0 Å². The highest BCUT2D eigenvalue weighted by molar-refractivity contribution is 5.91. The molecule has 0 atom stereocenters. The van der Waals surface area contributed by atoms with Crippen molar-refractivity contribution in [2.75, 3.05) is 12.8 Å². The number of fused-ring (bicyclic) bond motifs is 1. The van der Waals surface area contributed by atoms with E-state index in [1.807, 2.05) is 47.9 Å². The van der Waals surface area contributed by atoms with Crippen molar-refractivity contribution in [2.45, 2.75) is 26.7 Å². The first kappa shape index (κ1) is 19.6. The number of aryl methyl sites for hydroxylation is 1. The molecule has 0 aliphatic carbocycles. The summed E-state index contributed by atoms with van der Waals surface area (Å²) in [5, 5.41) is 0. The fraction of sp³-hybridized carbons (Fsp3) is 0.217. The van der Waals surface area contributed by atoms with Crippen LogP contribution in [0.1, 0.15) is 41.4 Å². The number of hydrogen-bond acceptors (Lipinski definition) is 6. The number of esters is 1. The van der Waals surface area contributed by atoms with Crippen molar-refractivity contribution in [1.29, 1.82) is 0 Å². The number of ether oxygens (including phenoxy) is 1. The van der Waals surface area contributed by atoms with Gasteiger partial charge in [-0.15, -0.1) is 0 Å². The number of imidazole rings is 1. The zero-order valence-corrected chi connectivity index (χ0v) is 17.4. The summed E-state index contributed by atoms with van der Waals surface area (Å²) in [4.78, 5) is 25.9. The number of hydrogen-bond donors (Lipinski definition) is 1. The molecule has 152 valence electrons. The van der Waals surface area contributed by atoms with E-state index in [1.54, 1.807) is 12.3 Å². The normalized spacial score (nSPS) is 11.2. The molecule has 1 aromatic carbocycles. The van der Waals surface area contributed by atoms with E-state index in [0.717, 1.165) is 33.7 Å². The van der Waals surface area contributed by atoms with Gasteiger partial charge in [-0.3, -0.25) is 4.57 Å². The number of nitrogen functional groups attached to an aromatic ring is 1. The number of benzene rings is 1. The number of anilines is 1. The quantitative estimate of drug-likeness (QED) is 0.513.